The molecule has 28 heavy (non-hydrogen) atoms. The van der Waals surface area contributed by atoms with Gasteiger partial charge in [0.1, 0.15) is 5.76 Å². The number of hydrogen-bond donors (Lipinski definition) is 1. The van der Waals surface area contributed by atoms with Crippen LogP contribution < -0.4 is 38.8 Å². The van der Waals surface area contributed by atoms with Crippen molar-refractivity contribution in [1.82, 2.24) is 0 Å². The Morgan fingerprint density at radius 3 is 2.75 bits per heavy atom. The first-order valence-electron chi connectivity index (χ1n) is 8.80. The van der Waals surface area contributed by atoms with Gasteiger partial charge in [0.15, 0.2) is 5.75 Å². The summed E-state index contributed by atoms with van der Waals surface area (Å²) in [6.07, 6.45) is 5.38. The molecule has 1 N–H and O–H groups in total. The number of furan rings is 1. The SMILES string of the molecule is C[C@@]12CCCc3coc(c31)Cc1cc3c([O-])ccc(OS(=O)(=O)O)c3cc12.[Na+]. The molecule has 0 saturated carbocycles. The van der Waals surface area contributed by atoms with Crippen LogP contribution in [0.5, 0.6) is 11.5 Å². The van der Waals surface area contributed by atoms with E-state index in [-0.39, 0.29) is 46.5 Å². The molecule has 0 aliphatic heterocycles. The van der Waals surface area contributed by atoms with Crippen molar-refractivity contribution in [2.24, 2.45) is 0 Å². The predicted molar refractivity (Wildman–Crippen MR) is 96.5 cm³/mol. The molecule has 1 heterocycles. The molecule has 0 unspecified atom stereocenters. The zero-order chi connectivity index (χ0) is 19.0. The molecule has 6 nitrogen and oxygen atoms in total. The summed E-state index contributed by atoms with van der Waals surface area (Å²) in [5.74, 6) is 0.666. The van der Waals surface area contributed by atoms with Gasteiger partial charge in [-0.05, 0) is 53.5 Å². The molecule has 0 fully saturated rings. The van der Waals surface area contributed by atoms with Crippen LogP contribution in [0.4, 0.5) is 0 Å². The molecule has 2 aliphatic carbocycles. The maximum absolute atomic E-state index is 12.4. The molecule has 140 valence electrons. The van der Waals surface area contributed by atoms with Crippen molar-refractivity contribution >= 4 is 21.2 Å². The third kappa shape index (κ3) is 2.88. The predicted octanol–water partition coefficient (Wildman–Crippen LogP) is 0.238. The second-order valence-corrected chi connectivity index (χ2v) is 8.57. The van der Waals surface area contributed by atoms with Crippen molar-refractivity contribution in [1.29, 1.82) is 0 Å². The third-order valence-electron chi connectivity index (χ3n) is 5.92. The Balaban J connectivity index is 0.00000192. The second kappa shape index (κ2) is 6.50. The van der Waals surface area contributed by atoms with Gasteiger partial charge in [-0.3, -0.25) is 4.55 Å². The zero-order valence-corrected chi connectivity index (χ0v) is 18.4. The molecule has 1 atom stereocenters. The maximum Gasteiger partial charge on any atom is 1.00 e. The van der Waals surface area contributed by atoms with Gasteiger partial charge in [0, 0.05) is 22.8 Å². The normalized spacial score (nSPS) is 20.2. The molecule has 2 aromatic carbocycles. The van der Waals surface area contributed by atoms with E-state index in [0.29, 0.717) is 17.2 Å². The Morgan fingerprint density at radius 1 is 1.21 bits per heavy atom. The number of hydrogen-bond acceptors (Lipinski definition) is 5. The van der Waals surface area contributed by atoms with E-state index in [1.807, 2.05) is 12.3 Å². The van der Waals surface area contributed by atoms with E-state index in [2.05, 4.69) is 6.92 Å². The van der Waals surface area contributed by atoms with Crippen LogP contribution in [0, 0.1) is 0 Å². The molecule has 1 aromatic heterocycles. The summed E-state index contributed by atoms with van der Waals surface area (Å²) < 4.78 is 42.1. The summed E-state index contributed by atoms with van der Waals surface area (Å²) in [5.41, 5.74) is 4.23. The molecule has 3 aromatic rings. The van der Waals surface area contributed by atoms with Crippen LogP contribution in [0.2, 0.25) is 0 Å². The van der Waals surface area contributed by atoms with E-state index in [1.54, 1.807) is 6.07 Å². The molecule has 0 spiro atoms. The number of rotatable bonds is 2. The molecule has 0 bridgehead atoms. The number of benzene rings is 2. The minimum absolute atomic E-state index is 0. The fourth-order valence-corrected chi connectivity index (χ4v) is 5.22. The van der Waals surface area contributed by atoms with Crippen molar-refractivity contribution in [3.8, 4) is 11.5 Å². The number of fused-ring (bicyclic) bond motifs is 3. The van der Waals surface area contributed by atoms with Crippen molar-refractivity contribution in [3.63, 3.8) is 0 Å². The summed E-state index contributed by atoms with van der Waals surface area (Å²) in [7, 11) is -4.69. The molecule has 2 aliphatic rings. The van der Waals surface area contributed by atoms with E-state index in [0.717, 1.165) is 36.1 Å². The smallest absolute Gasteiger partial charge is 0.872 e. The second-order valence-electron chi connectivity index (χ2n) is 7.55. The van der Waals surface area contributed by atoms with E-state index in [1.165, 1.54) is 23.3 Å². The first-order chi connectivity index (χ1) is 12.8. The Kier molecular flexibility index (Phi) is 4.60. The van der Waals surface area contributed by atoms with Crippen LogP contribution in [-0.2, 0) is 28.7 Å². The van der Waals surface area contributed by atoms with Gasteiger partial charge in [0.25, 0.3) is 0 Å². The minimum atomic E-state index is -4.69. The van der Waals surface area contributed by atoms with Crippen molar-refractivity contribution < 1.29 is 56.2 Å². The van der Waals surface area contributed by atoms with Gasteiger partial charge >= 0.3 is 40.0 Å². The Bertz CT molecular complexity index is 1210. The molecule has 0 saturated heterocycles. The third-order valence-corrected chi connectivity index (χ3v) is 6.31. The summed E-state index contributed by atoms with van der Waals surface area (Å²) in [6, 6.07) is 6.18. The Morgan fingerprint density at radius 2 is 2.00 bits per heavy atom. The standard InChI is InChI=1S/C20H18O6S.Na/c1-20-6-2-3-11-10-25-18(19(11)20)8-12-7-13-14(9-15(12)20)17(5-4-16(13)21)26-27(22,23)24;/h4-5,7,9-10,21H,2-3,6,8H2,1H3,(H,22,23,24);/q;+1/p-1/t20-;/m0./s1. The largest absolute Gasteiger partial charge is 1.00 e. The molecular weight excluding hydrogens is 391 g/mol. The Labute approximate surface area is 184 Å². The molecule has 8 heteroatoms. The van der Waals surface area contributed by atoms with Crippen molar-refractivity contribution in [2.75, 3.05) is 0 Å². The molecule has 0 amide bonds. The van der Waals surface area contributed by atoms with Crippen molar-refractivity contribution in [3.05, 3.63) is 58.5 Å². The molecular formula is C20H17NaO6S. The van der Waals surface area contributed by atoms with Gasteiger partial charge in [-0.1, -0.05) is 19.1 Å². The van der Waals surface area contributed by atoms with Gasteiger partial charge in [-0.2, -0.15) is 8.42 Å². The quantitative estimate of drug-likeness (QED) is 0.482. The summed E-state index contributed by atoms with van der Waals surface area (Å²) >= 11 is 0. The van der Waals surface area contributed by atoms with Crippen molar-refractivity contribution in [2.45, 2.75) is 38.0 Å². The molecule has 0 radical (unpaired) electrons. The minimum Gasteiger partial charge on any atom is -0.872 e. The summed E-state index contributed by atoms with van der Waals surface area (Å²) in [6.45, 7) is 2.16. The molecule has 5 rings (SSSR count). The van der Waals surface area contributed by atoms with E-state index in [4.69, 9.17) is 13.2 Å². The maximum atomic E-state index is 12.4. The van der Waals surface area contributed by atoms with Crippen LogP contribution in [-0.4, -0.2) is 13.0 Å². The van der Waals surface area contributed by atoms with E-state index in [9.17, 15) is 13.5 Å². The van der Waals surface area contributed by atoms with Gasteiger partial charge in [0.2, 0.25) is 0 Å². The number of aryl methyl sites for hydroxylation is 1. The van der Waals surface area contributed by atoms with Gasteiger partial charge in [0.05, 0.1) is 6.26 Å². The zero-order valence-electron chi connectivity index (χ0n) is 15.6. The fourth-order valence-electron chi connectivity index (χ4n) is 4.84. The average molecular weight is 408 g/mol. The fraction of sp³-hybridized carbons (Fsp3) is 0.300. The van der Waals surface area contributed by atoms with E-state index < -0.39 is 10.4 Å². The topological polar surface area (TPSA) is 99.8 Å². The van der Waals surface area contributed by atoms with Crippen LogP contribution in [0.1, 0.15) is 47.8 Å². The van der Waals surface area contributed by atoms with Gasteiger partial charge in [-0.15, -0.1) is 5.75 Å². The van der Waals surface area contributed by atoms with E-state index >= 15 is 0 Å². The van der Waals surface area contributed by atoms with Crippen LogP contribution in [0.3, 0.4) is 0 Å². The Hall–Kier alpha value is -1.51. The summed E-state index contributed by atoms with van der Waals surface area (Å²) in [4.78, 5) is 0. The summed E-state index contributed by atoms with van der Waals surface area (Å²) in [5, 5.41) is 13.1. The van der Waals surface area contributed by atoms with Gasteiger partial charge < -0.3 is 13.7 Å². The van der Waals surface area contributed by atoms with Gasteiger partial charge in [-0.25, -0.2) is 0 Å². The average Bonchev–Trinajstić information content (AvgIpc) is 3.01. The monoisotopic (exact) mass is 408 g/mol. The first-order valence-corrected chi connectivity index (χ1v) is 10.2. The van der Waals surface area contributed by atoms with Crippen LogP contribution in [0.15, 0.2) is 34.9 Å². The first kappa shape index (κ1) is 19.8. The van der Waals surface area contributed by atoms with Crippen LogP contribution >= 0.6 is 0 Å². The van der Waals surface area contributed by atoms with Crippen LogP contribution in [0.25, 0.3) is 10.8 Å².